The smallest absolute Gasteiger partial charge is 0.139 e. The van der Waals surface area contributed by atoms with E-state index in [0.29, 0.717) is 5.92 Å². The van der Waals surface area contributed by atoms with Crippen LogP contribution in [0, 0.1) is 0 Å². The number of hydrogen-bond donors (Lipinski definition) is 0. The molecule has 0 aliphatic rings. The molecule has 2 aromatic heterocycles. The number of rotatable bonds is 2. The summed E-state index contributed by atoms with van der Waals surface area (Å²) in [5.41, 5.74) is 2.50. The Balaban J connectivity index is 0.000000606. The van der Waals surface area contributed by atoms with Crippen LogP contribution in [-0.2, 0) is 7.05 Å². The Bertz CT molecular complexity index is 443. The summed E-state index contributed by atoms with van der Waals surface area (Å²) in [7, 11) is 2.06. The summed E-state index contributed by atoms with van der Waals surface area (Å²) in [6, 6.07) is 4.16. The van der Waals surface area contributed by atoms with Gasteiger partial charge in [0.15, 0.2) is 0 Å². The molecule has 0 saturated heterocycles. The minimum Gasteiger partial charge on any atom is -0.335 e. The van der Waals surface area contributed by atoms with E-state index in [4.69, 9.17) is 0 Å². The van der Waals surface area contributed by atoms with Crippen molar-refractivity contribution in [2.75, 3.05) is 0 Å². The van der Waals surface area contributed by atoms with Gasteiger partial charge in [-0.25, -0.2) is 4.98 Å². The first-order valence-electron chi connectivity index (χ1n) is 6.14. The maximum Gasteiger partial charge on any atom is 0.139 e. The molecule has 2 nitrogen and oxygen atoms in total. The van der Waals surface area contributed by atoms with E-state index in [1.54, 1.807) is 0 Å². The van der Waals surface area contributed by atoms with E-state index in [-0.39, 0.29) is 0 Å². The van der Waals surface area contributed by atoms with E-state index >= 15 is 0 Å². The zero-order valence-corrected chi connectivity index (χ0v) is 11.0. The SMILES string of the molecule is CC.CCC(C)c1cn(C)c2ncccc12. The summed E-state index contributed by atoms with van der Waals surface area (Å²) in [4.78, 5) is 4.38. The third-order valence-electron chi connectivity index (χ3n) is 2.91. The van der Waals surface area contributed by atoms with Gasteiger partial charge >= 0.3 is 0 Å². The number of aryl methyl sites for hydroxylation is 1. The molecule has 88 valence electrons. The van der Waals surface area contributed by atoms with Crippen molar-refractivity contribution in [2.45, 2.75) is 40.0 Å². The standard InChI is InChI=1S/C12H16N2.C2H6/c1-4-9(2)11-8-14(3)12-10(11)6-5-7-13-12;1-2/h5-9H,4H2,1-3H3;1-2H3. The number of nitrogens with zero attached hydrogens (tertiary/aromatic N) is 2. The van der Waals surface area contributed by atoms with Gasteiger partial charge in [0.25, 0.3) is 0 Å². The summed E-state index contributed by atoms with van der Waals surface area (Å²) >= 11 is 0. The highest BCUT2D eigenvalue weighted by molar-refractivity contribution is 5.80. The van der Waals surface area contributed by atoms with Gasteiger partial charge < -0.3 is 4.57 Å². The van der Waals surface area contributed by atoms with Gasteiger partial charge in [0.05, 0.1) is 0 Å². The van der Waals surface area contributed by atoms with Crippen LogP contribution in [0.4, 0.5) is 0 Å². The zero-order chi connectivity index (χ0) is 12.1. The van der Waals surface area contributed by atoms with Crippen LogP contribution >= 0.6 is 0 Å². The lowest BCUT2D eigenvalue weighted by Gasteiger charge is -2.05. The Morgan fingerprint density at radius 2 is 2.06 bits per heavy atom. The molecule has 0 N–H and O–H groups in total. The largest absolute Gasteiger partial charge is 0.335 e. The van der Waals surface area contributed by atoms with E-state index in [1.165, 1.54) is 17.4 Å². The molecular weight excluding hydrogens is 196 g/mol. The molecule has 0 amide bonds. The third kappa shape index (κ3) is 2.26. The lowest BCUT2D eigenvalue weighted by molar-refractivity contribution is 0.734. The minimum atomic E-state index is 0.614. The predicted octanol–water partition coefficient (Wildman–Crippen LogP) is 4.11. The molecule has 0 aliphatic carbocycles. The number of aromatic nitrogens is 2. The maximum absolute atomic E-state index is 4.38. The van der Waals surface area contributed by atoms with Crippen LogP contribution in [0.3, 0.4) is 0 Å². The van der Waals surface area contributed by atoms with Crippen molar-refractivity contribution in [2.24, 2.45) is 7.05 Å². The van der Waals surface area contributed by atoms with Crippen molar-refractivity contribution < 1.29 is 0 Å². The first-order valence-corrected chi connectivity index (χ1v) is 6.14. The van der Waals surface area contributed by atoms with Crippen LogP contribution in [0.2, 0.25) is 0 Å². The van der Waals surface area contributed by atoms with Gasteiger partial charge in [-0.05, 0) is 30.0 Å². The fraction of sp³-hybridized carbons (Fsp3) is 0.500. The molecule has 16 heavy (non-hydrogen) atoms. The van der Waals surface area contributed by atoms with Crippen LogP contribution in [0.1, 0.15) is 45.6 Å². The summed E-state index contributed by atoms with van der Waals surface area (Å²) in [5, 5.41) is 1.30. The fourth-order valence-electron chi connectivity index (χ4n) is 1.86. The summed E-state index contributed by atoms with van der Waals surface area (Å²) in [6.45, 7) is 8.49. The molecule has 0 aliphatic heterocycles. The van der Waals surface area contributed by atoms with Crippen LogP contribution in [0.5, 0.6) is 0 Å². The van der Waals surface area contributed by atoms with Crippen LogP contribution in [0.25, 0.3) is 11.0 Å². The van der Waals surface area contributed by atoms with E-state index in [1.807, 2.05) is 26.1 Å². The average Bonchev–Trinajstić information content (AvgIpc) is 2.69. The molecule has 1 unspecified atom stereocenters. The summed E-state index contributed by atoms with van der Waals surface area (Å²) in [5.74, 6) is 0.614. The molecule has 0 spiro atoms. The summed E-state index contributed by atoms with van der Waals surface area (Å²) in [6.07, 6.45) is 5.22. The van der Waals surface area contributed by atoms with Gasteiger partial charge in [-0.1, -0.05) is 27.7 Å². The van der Waals surface area contributed by atoms with E-state index in [0.717, 1.165) is 5.65 Å². The normalized spacial score (nSPS) is 12.1. The molecule has 2 heteroatoms. The van der Waals surface area contributed by atoms with Gasteiger partial charge in [-0.2, -0.15) is 0 Å². The average molecular weight is 218 g/mol. The van der Waals surface area contributed by atoms with E-state index in [9.17, 15) is 0 Å². The van der Waals surface area contributed by atoms with Crippen molar-refractivity contribution in [1.82, 2.24) is 9.55 Å². The minimum absolute atomic E-state index is 0.614. The van der Waals surface area contributed by atoms with Crippen LogP contribution in [-0.4, -0.2) is 9.55 Å². The Labute approximate surface area is 98.3 Å². The second kappa shape index (κ2) is 5.69. The molecule has 0 fully saturated rings. The number of hydrogen-bond acceptors (Lipinski definition) is 1. The highest BCUT2D eigenvalue weighted by atomic mass is 15.0. The zero-order valence-electron chi connectivity index (χ0n) is 11.0. The number of pyridine rings is 1. The lowest BCUT2D eigenvalue weighted by atomic mass is 9.99. The second-order valence-corrected chi connectivity index (χ2v) is 3.88. The van der Waals surface area contributed by atoms with Crippen molar-refractivity contribution in [3.8, 4) is 0 Å². The third-order valence-corrected chi connectivity index (χ3v) is 2.91. The Kier molecular flexibility index (Phi) is 4.53. The molecule has 0 bridgehead atoms. The van der Waals surface area contributed by atoms with Crippen molar-refractivity contribution >= 4 is 11.0 Å². The fourth-order valence-corrected chi connectivity index (χ4v) is 1.86. The predicted molar refractivity (Wildman–Crippen MR) is 70.8 cm³/mol. The molecule has 0 aromatic carbocycles. The van der Waals surface area contributed by atoms with Crippen molar-refractivity contribution in [1.29, 1.82) is 0 Å². The second-order valence-electron chi connectivity index (χ2n) is 3.88. The van der Waals surface area contributed by atoms with Crippen LogP contribution < -0.4 is 0 Å². The maximum atomic E-state index is 4.38. The first-order chi connectivity index (χ1) is 7.74. The van der Waals surface area contributed by atoms with Gasteiger partial charge in [0.2, 0.25) is 0 Å². The van der Waals surface area contributed by atoms with Crippen molar-refractivity contribution in [3.05, 3.63) is 30.1 Å². The van der Waals surface area contributed by atoms with Gasteiger partial charge in [-0.15, -0.1) is 0 Å². The molecule has 0 saturated carbocycles. The Morgan fingerprint density at radius 1 is 1.38 bits per heavy atom. The van der Waals surface area contributed by atoms with Gasteiger partial charge in [-0.3, -0.25) is 0 Å². The molecular formula is C14H22N2. The van der Waals surface area contributed by atoms with Gasteiger partial charge in [0.1, 0.15) is 5.65 Å². The monoisotopic (exact) mass is 218 g/mol. The highest BCUT2D eigenvalue weighted by Crippen LogP contribution is 2.27. The van der Waals surface area contributed by atoms with E-state index < -0.39 is 0 Å². The molecule has 0 radical (unpaired) electrons. The first kappa shape index (κ1) is 12.8. The summed E-state index contributed by atoms with van der Waals surface area (Å²) < 4.78 is 2.11. The van der Waals surface area contributed by atoms with Crippen LogP contribution in [0.15, 0.2) is 24.5 Å². The molecule has 2 rings (SSSR count). The molecule has 2 aromatic rings. The Morgan fingerprint density at radius 3 is 2.69 bits per heavy atom. The lowest BCUT2D eigenvalue weighted by Crippen LogP contribution is -1.88. The topological polar surface area (TPSA) is 17.8 Å². The molecule has 1 atom stereocenters. The van der Waals surface area contributed by atoms with E-state index in [2.05, 4.69) is 42.7 Å². The van der Waals surface area contributed by atoms with Crippen molar-refractivity contribution in [3.63, 3.8) is 0 Å². The highest BCUT2D eigenvalue weighted by Gasteiger charge is 2.11. The molecule has 2 heterocycles. The quantitative estimate of drug-likeness (QED) is 0.741. The Hall–Kier alpha value is -1.31. The van der Waals surface area contributed by atoms with Gasteiger partial charge in [0, 0.05) is 24.8 Å². The number of fused-ring (bicyclic) bond motifs is 1.